The van der Waals surface area contributed by atoms with Crippen molar-refractivity contribution in [2.45, 2.75) is 25.4 Å². The molecule has 1 fully saturated rings. The van der Waals surface area contributed by atoms with E-state index >= 15 is 0 Å². The summed E-state index contributed by atoms with van der Waals surface area (Å²) in [5.74, 6) is 0.00562. The van der Waals surface area contributed by atoms with Crippen LogP contribution in [0, 0.1) is 11.7 Å². The minimum Gasteiger partial charge on any atom is -0.352 e. The number of hydrogen-bond donors (Lipinski definition) is 1. The van der Waals surface area contributed by atoms with Crippen LogP contribution < -0.4 is 5.32 Å². The van der Waals surface area contributed by atoms with Gasteiger partial charge >= 0.3 is 0 Å². The zero-order valence-corrected chi connectivity index (χ0v) is 14.3. The third-order valence-corrected chi connectivity index (χ3v) is 4.89. The van der Waals surface area contributed by atoms with Crippen LogP contribution in [0.25, 0.3) is 0 Å². The number of halogens is 1. The van der Waals surface area contributed by atoms with Crippen molar-refractivity contribution in [3.8, 4) is 0 Å². The summed E-state index contributed by atoms with van der Waals surface area (Å²) in [7, 11) is 0. The smallest absolute Gasteiger partial charge is 0.224 e. The maximum Gasteiger partial charge on any atom is 0.224 e. The average Bonchev–Trinajstić information content (AvgIpc) is 3.30. The highest BCUT2D eigenvalue weighted by Crippen LogP contribution is 2.47. The van der Waals surface area contributed by atoms with Gasteiger partial charge in [-0.2, -0.15) is 5.10 Å². The van der Waals surface area contributed by atoms with E-state index in [1.807, 2.05) is 35.1 Å². The number of carbonyl (C=O) groups excluding carboxylic acids is 1. The van der Waals surface area contributed by atoms with Gasteiger partial charge in [0.2, 0.25) is 5.91 Å². The fourth-order valence-electron chi connectivity index (χ4n) is 3.33. The Morgan fingerprint density at radius 1 is 1.12 bits per heavy atom. The van der Waals surface area contributed by atoms with Crippen molar-refractivity contribution in [2.75, 3.05) is 0 Å². The first-order valence-electron chi connectivity index (χ1n) is 8.78. The maximum atomic E-state index is 13.0. The van der Waals surface area contributed by atoms with Crippen molar-refractivity contribution in [2.24, 2.45) is 5.92 Å². The minimum absolute atomic E-state index is 0.0151. The van der Waals surface area contributed by atoms with Crippen LogP contribution in [0.2, 0.25) is 0 Å². The highest BCUT2D eigenvalue weighted by molar-refractivity contribution is 5.82. The molecule has 0 saturated heterocycles. The van der Waals surface area contributed by atoms with Crippen LogP contribution in [-0.2, 0) is 17.9 Å². The summed E-state index contributed by atoms with van der Waals surface area (Å²) >= 11 is 0. The van der Waals surface area contributed by atoms with Crippen molar-refractivity contribution < 1.29 is 9.18 Å². The molecule has 132 valence electrons. The first-order chi connectivity index (χ1) is 12.7. The highest BCUT2D eigenvalue weighted by atomic mass is 19.1. The van der Waals surface area contributed by atoms with Crippen LogP contribution in [0.1, 0.15) is 29.0 Å². The summed E-state index contributed by atoms with van der Waals surface area (Å²) < 4.78 is 14.9. The SMILES string of the molecule is O=C(NCc1ccccc1Cn1cccn1)[C@H]1C[C@H]1c1ccc(F)cc1. The molecule has 5 heteroatoms. The van der Waals surface area contributed by atoms with Crippen LogP contribution in [0.15, 0.2) is 67.0 Å². The Bertz CT molecular complexity index is 890. The standard InChI is InChI=1S/C21H20FN3O/c22-18-8-6-15(7-9-18)19-12-20(19)21(26)23-13-16-4-1-2-5-17(16)14-25-11-3-10-24-25/h1-11,19-20H,12-14H2,(H,23,26)/t19-,20-/m0/s1. The molecule has 0 spiro atoms. The number of nitrogens with zero attached hydrogens (tertiary/aromatic N) is 2. The second-order valence-corrected chi connectivity index (χ2v) is 6.69. The quantitative estimate of drug-likeness (QED) is 0.740. The van der Waals surface area contributed by atoms with Crippen molar-refractivity contribution in [1.82, 2.24) is 15.1 Å². The number of hydrogen-bond acceptors (Lipinski definition) is 2. The Morgan fingerprint density at radius 3 is 2.62 bits per heavy atom. The summed E-state index contributed by atoms with van der Waals surface area (Å²) in [6.07, 6.45) is 4.51. The zero-order valence-electron chi connectivity index (χ0n) is 14.3. The lowest BCUT2D eigenvalue weighted by atomic mass is 10.1. The van der Waals surface area contributed by atoms with Crippen LogP contribution in [0.3, 0.4) is 0 Å². The summed E-state index contributed by atoms with van der Waals surface area (Å²) in [5, 5.41) is 7.29. The first kappa shape index (κ1) is 16.5. The lowest BCUT2D eigenvalue weighted by Gasteiger charge is -2.11. The molecule has 1 aliphatic carbocycles. The lowest BCUT2D eigenvalue weighted by Crippen LogP contribution is -2.25. The van der Waals surface area contributed by atoms with E-state index in [2.05, 4.69) is 16.5 Å². The van der Waals surface area contributed by atoms with E-state index in [0.717, 1.165) is 23.1 Å². The van der Waals surface area contributed by atoms with Gasteiger partial charge in [-0.05, 0) is 47.2 Å². The van der Waals surface area contributed by atoms with E-state index in [1.165, 1.54) is 12.1 Å². The molecule has 4 nitrogen and oxygen atoms in total. The molecule has 0 radical (unpaired) electrons. The molecule has 0 unspecified atom stereocenters. The molecule has 1 amide bonds. The summed E-state index contributed by atoms with van der Waals surface area (Å²) in [6, 6.07) is 16.4. The number of rotatable bonds is 6. The molecular formula is C21H20FN3O. The molecule has 2 aromatic carbocycles. The average molecular weight is 349 g/mol. The largest absolute Gasteiger partial charge is 0.352 e. The van der Waals surface area contributed by atoms with Gasteiger partial charge in [0.1, 0.15) is 5.82 Å². The molecule has 1 N–H and O–H groups in total. The van der Waals surface area contributed by atoms with Crippen molar-refractivity contribution in [3.63, 3.8) is 0 Å². The fraction of sp³-hybridized carbons (Fsp3) is 0.238. The Balaban J connectivity index is 1.36. The molecule has 1 saturated carbocycles. The maximum absolute atomic E-state index is 13.0. The monoisotopic (exact) mass is 349 g/mol. The van der Waals surface area contributed by atoms with E-state index in [1.54, 1.807) is 18.3 Å². The second-order valence-electron chi connectivity index (χ2n) is 6.69. The van der Waals surface area contributed by atoms with Gasteiger partial charge in [-0.3, -0.25) is 9.48 Å². The predicted octanol–water partition coefficient (Wildman–Crippen LogP) is 3.49. The zero-order chi connectivity index (χ0) is 17.9. The van der Waals surface area contributed by atoms with Crippen molar-refractivity contribution >= 4 is 5.91 Å². The Kier molecular flexibility index (Phi) is 4.52. The third kappa shape index (κ3) is 3.67. The Hall–Kier alpha value is -2.95. The summed E-state index contributed by atoms with van der Waals surface area (Å²) in [4.78, 5) is 12.5. The molecule has 4 rings (SSSR count). The topological polar surface area (TPSA) is 46.9 Å². The summed E-state index contributed by atoms with van der Waals surface area (Å²) in [6.45, 7) is 1.18. The van der Waals surface area contributed by atoms with Crippen molar-refractivity contribution in [3.05, 3.63) is 89.5 Å². The molecule has 1 heterocycles. The van der Waals surface area contributed by atoms with Gasteiger partial charge in [0.25, 0.3) is 0 Å². The van der Waals surface area contributed by atoms with E-state index in [9.17, 15) is 9.18 Å². The molecular weight excluding hydrogens is 329 g/mol. The van der Waals surface area contributed by atoms with Crippen LogP contribution in [-0.4, -0.2) is 15.7 Å². The molecule has 0 aliphatic heterocycles. The van der Waals surface area contributed by atoms with Crippen molar-refractivity contribution in [1.29, 1.82) is 0 Å². The molecule has 26 heavy (non-hydrogen) atoms. The van der Waals surface area contributed by atoms with E-state index in [-0.39, 0.29) is 23.6 Å². The van der Waals surface area contributed by atoms with Crippen LogP contribution >= 0.6 is 0 Å². The Labute approximate surface area is 151 Å². The van der Waals surface area contributed by atoms with Gasteiger partial charge < -0.3 is 5.32 Å². The number of benzene rings is 2. The van der Waals surface area contributed by atoms with Gasteiger partial charge in [0, 0.05) is 24.9 Å². The molecule has 1 aromatic heterocycles. The van der Waals surface area contributed by atoms with Crippen LogP contribution in [0.4, 0.5) is 4.39 Å². The van der Waals surface area contributed by atoms with Gasteiger partial charge in [-0.1, -0.05) is 36.4 Å². The second kappa shape index (κ2) is 7.12. The van der Waals surface area contributed by atoms with E-state index in [4.69, 9.17) is 0 Å². The van der Waals surface area contributed by atoms with Gasteiger partial charge in [-0.25, -0.2) is 4.39 Å². The van der Waals surface area contributed by atoms with Gasteiger partial charge in [0.05, 0.1) is 6.54 Å². The first-order valence-corrected chi connectivity index (χ1v) is 8.78. The number of carbonyl (C=O) groups is 1. The number of nitrogens with one attached hydrogen (secondary N) is 1. The fourth-order valence-corrected chi connectivity index (χ4v) is 3.33. The minimum atomic E-state index is -0.246. The highest BCUT2D eigenvalue weighted by Gasteiger charge is 2.43. The van der Waals surface area contributed by atoms with E-state index in [0.29, 0.717) is 13.1 Å². The third-order valence-electron chi connectivity index (χ3n) is 4.89. The van der Waals surface area contributed by atoms with Gasteiger partial charge in [-0.15, -0.1) is 0 Å². The lowest BCUT2D eigenvalue weighted by molar-refractivity contribution is -0.122. The predicted molar refractivity (Wildman–Crippen MR) is 96.9 cm³/mol. The normalized spacial score (nSPS) is 18.5. The van der Waals surface area contributed by atoms with Crippen LogP contribution in [0.5, 0.6) is 0 Å². The molecule has 0 bridgehead atoms. The molecule has 2 atom stereocenters. The molecule has 1 aliphatic rings. The molecule has 3 aromatic rings. The number of amides is 1. The van der Waals surface area contributed by atoms with E-state index < -0.39 is 0 Å². The Morgan fingerprint density at radius 2 is 1.88 bits per heavy atom. The summed E-state index contributed by atoms with van der Waals surface area (Å²) in [5.41, 5.74) is 3.27. The number of aromatic nitrogens is 2. The van der Waals surface area contributed by atoms with Gasteiger partial charge in [0.15, 0.2) is 0 Å².